The van der Waals surface area contributed by atoms with Gasteiger partial charge in [-0.1, -0.05) is 117 Å². The fraction of sp³-hybridized carbons (Fsp3) is 1.00. The van der Waals surface area contributed by atoms with Crippen molar-refractivity contribution in [2.75, 3.05) is 0 Å². The first-order valence-electron chi connectivity index (χ1n) is 15.8. The van der Waals surface area contributed by atoms with E-state index in [2.05, 4.69) is 13.8 Å². The summed E-state index contributed by atoms with van der Waals surface area (Å²) in [5, 5.41) is 0. The van der Waals surface area contributed by atoms with Crippen LogP contribution in [0.25, 0.3) is 0 Å². The SMILES string of the molecule is CCCCCCCCCCC1CCC(C2CCC(C3CCC(CCCC)CC3)CC2)CC1. The Bertz CT molecular complexity index is 429. The van der Waals surface area contributed by atoms with Gasteiger partial charge >= 0.3 is 0 Å². The molecule has 3 rings (SSSR count). The Balaban J connectivity index is 1.21. The van der Waals surface area contributed by atoms with E-state index in [1.54, 1.807) is 83.5 Å². The Morgan fingerprint density at radius 2 is 0.656 bits per heavy atom. The van der Waals surface area contributed by atoms with Gasteiger partial charge in [0.15, 0.2) is 0 Å². The van der Waals surface area contributed by atoms with E-state index in [1.165, 1.54) is 70.6 Å². The van der Waals surface area contributed by atoms with Crippen LogP contribution in [0.4, 0.5) is 0 Å². The normalized spacial score (nSPS) is 33.9. The molecule has 0 bridgehead atoms. The minimum Gasteiger partial charge on any atom is -0.0654 e. The molecule has 0 spiro atoms. The average molecular weight is 445 g/mol. The second-order valence-electron chi connectivity index (χ2n) is 12.6. The molecule has 0 radical (unpaired) electrons. The van der Waals surface area contributed by atoms with Crippen LogP contribution in [0.5, 0.6) is 0 Å². The van der Waals surface area contributed by atoms with Crippen molar-refractivity contribution in [3.05, 3.63) is 0 Å². The summed E-state index contributed by atoms with van der Waals surface area (Å²) in [5.74, 6) is 6.61. The van der Waals surface area contributed by atoms with Crippen molar-refractivity contribution >= 4 is 0 Å². The van der Waals surface area contributed by atoms with Crippen molar-refractivity contribution in [3.63, 3.8) is 0 Å². The molecule has 0 saturated heterocycles. The summed E-state index contributed by atoms with van der Waals surface area (Å²) in [5.41, 5.74) is 0. The van der Waals surface area contributed by atoms with Gasteiger partial charge in [0.1, 0.15) is 0 Å². The lowest BCUT2D eigenvalue weighted by Gasteiger charge is -2.41. The second-order valence-corrected chi connectivity index (χ2v) is 12.6. The Morgan fingerprint density at radius 1 is 0.344 bits per heavy atom. The van der Waals surface area contributed by atoms with Gasteiger partial charge in [0.25, 0.3) is 0 Å². The third kappa shape index (κ3) is 9.33. The highest BCUT2D eigenvalue weighted by Gasteiger charge is 2.34. The maximum absolute atomic E-state index is 2.35. The van der Waals surface area contributed by atoms with Gasteiger partial charge in [-0.3, -0.25) is 0 Å². The molecule has 0 heterocycles. The van der Waals surface area contributed by atoms with E-state index < -0.39 is 0 Å². The summed E-state index contributed by atoms with van der Waals surface area (Å²) in [7, 11) is 0. The van der Waals surface area contributed by atoms with E-state index in [1.807, 2.05) is 0 Å². The molecular formula is C32H60. The summed E-state index contributed by atoms with van der Waals surface area (Å²) in [6.45, 7) is 4.67. The molecule has 3 aliphatic rings. The maximum atomic E-state index is 2.35. The molecule has 0 amide bonds. The molecular weight excluding hydrogens is 384 g/mol. The fourth-order valence-corrected chi connectivity index (χ4v) is 8.04. The van der Waals surface area contributed by atoms with Crippen molar-refractivity contribution in [1.82, 2.24) is 0 Å². The largest absolute Gasteiger partial charge is 0.0654 e. The zero-order valence-corrected chi connectivity index (χ0v) is 22.4. The van der Waals surface area contributed by atoms with Crippen LogP contribution >= 0.6 is 0 Å². The second kappa shape index (κ2) is 15.8. The summed E-state index contributed by atoms with van der Waals surface area (Å²) in [6, 6.07) is 0. The lowest BCUT2D eigenvalue weighted by Crippen LogP contribution is -2.29. The van der Waals surface area contributed by atoms with E-state index in [0.717, 1.165) is 35.5 Å². The molecule has 3 saturated carbocycles. The summed E-state index contributed by atoms with van der Waals surface area (Å²) in [6.07, 6.45) is 36.7. The zero-order valence-electron chi connectivity index (χ0n) is 22.4. The predicted molar refractivity (Wildman–Crippen MR) is 143 cm³/mol. The van der Waals surface area contributed by atoms with Gasteiger partial charge in [-0.25, -0.2) is 0 Å². The molecule has 0 atom stereocenters. The third-order valence-electron chi connectivity index (χ3n) is 10.4. The van der Waals surface area contributed by atoms with Crippen molar-refractivity contribution in [1.29, 1.82) is 0 Å². The molecule has 0 nitrogen and oxygen atoms in total. The predicted octanol–water partition coefficient (Wildman–Crippen LogP) is 11.1. The standard InChI is InChI=1S/C32H60/c1-3-5-7-8-9-10-11-12-14-28-17-21-30(22-18-28)32-25-23-31(24-26-32)29-19-15-27(16-20-29)13-6-4-2/h27-32H,3-26H2,1-2H3. The van der Waals surface area contributed by atoms with E-state index >= 15 is 0 Å². The topological polar surface area (TPSA) is 0 Å². The van der Waals surface area contributed by atoms with Crippen LogP contribution in [-0.2, 0) is 0 Å². The molecule has 32 heavy (non-hydrogen) atoms. The molecule has 3 aliphatic carbocycles. The number of hydrogen-bond acceptors (Lipinski definition) is 0. The van der Waals surface area contributed by atoms with Crippen molar-refractivity contribution in [2.45, 2.75) is 168 Å². The van der Waals surface area contributed by atoms with Crippen LogP contribution in [0.3, 0.4) is 0 Å². The highest BCUT2D eigenvalue weighted by molar-refractivity contribution is 4.86. The van der Waals surface area contributed by atoms with Gasteiger partial charge in [-0.2, -0.15) is 0 Å². The average Bonchev–Trinajstić information content (AvgIpc) is 2.85. The molecule has 0 aromatic heterocycles. The molecule has 0 unspecified atom stereocenters. The monoisotopic (exact) mass is 444 g/mol. The van der Waals surface area contributed by atoms with Gasteiger partial charge in [0, 0.05) is 0 Å². The van der Waals surface area contributed by atoms with Gasteiger partial charge in [-0.05, 0) is 86.9 Å². The Hall–Kier alpha value is 0. The third-order valence-corrected chi connectivity index (χ3v) is 10.4. The minimum atomic E-state index is 1.09. The van der Waals surface area contributed by atoms with Gasteiger partial charge in [0.2, 0.25) is 0 Å². The van der Waals surface area contributed by atoms with Crippen molar-refractivity contribution in [3.8, 4) is 0 Å². The zero-order chi connectivity index (χ0) is 22.4. The van der Waals surface area contributed by atoms with E-state index in [9.17, 15) is 0 Å². The van der Waals surface area contributed by atoms with Crippen LogP contribution in [-0.4, -0.2) is 0 Å². The molecule has 0 aliphatic heterocycles. The van der Waals surface area contributed by atoms with E-state index in [0.29, 0.717) is 0 Å². The summed E-state index contributed by atoms with van der Waals surface area (Å²) < 4.78 is 0. The van der Waals surface area contributed by atoms with Crippen LogP contribution in [0.1, 0.15) is 168 Å². The highest BCUT2D eigenvalue weighted by Crippen LogP contribution is 2.46. The minimum absolute atomic E-state index is 1.09. The lowest BCUT2D eigenvalue weighted by atomic mass is 9.64. The molecule has 188 valence electrons. The quantitative estimate of drug-likeness (QED) is 0.234. The Kier molecular flexibility index (Phi) is 13.1. The lowest BCUT2D eigenvalue weighted by molar-refractivity contribution is 0.102. The molecule has 0 heteroatoms. The van der Waals surface area contributed by atoms with E-state index in [4.69, 9.17) is 0 Å². The van der Waals surface area contributed by atoms with Gasteiger partial charge in [-0.15, -0.1) is 0 Å². The summed E-state index contributed by atoms with van der Waals surface area (Å²) >= 11 is 0. The molecule has 0 aromatic rings. The Morgan fingerprint density at radius 3 is 1.06 bits per heavy atom. The maximum Gasteiger partial charge on any atom is -0.0386 e. The molecule has 3 fully saturated rings. The number of hydrogen-bond donors (Lipinski definition) is 0. The van der Waals surface area contributed by atoms with Crippen LogP contribution in [0.15, 0.2) is 0 Å². The van der Waals surface area contributed by atoms with Crippen molar-refractivity contribution in [2.24, 2.45) is 35.5 Å². The van der Waals surface area contributed by atoms with Crippen LogP contribution < -0.4 is 0 Å². The smallest absolute Gasteiger partial charge is 0.0386 e. The number of rotatable bonds is 14. The first-order chi connectivity index (χ1) is 15.8. The first-order valence-corrected chi connectivity index (χ1v) is 15.8. The van der Waals surface area contributed by atoms with Gasteiger partial charge in [0.05, 0.1) is 0 Å². The van der Waals surface area contributed by atoms with Gasteiger partial charge < -0.3 is 0 Å². The van der Waals surface area contributed by atoms with Crippen LogP contribution in [0, 0.1) is 35.5 Å². The van der Waals surface area contributed by atoms with E-state index in [-0.39, 0.29) is 0 Å². The molecule has 0 aromatic carbocycles. The Labute approximate surface area is 203 Å². The van der Waals surface area contributed by atoms with Crippen molar-refractivity contribution < 1.29 is 0 Å². The first kappa shape index (κ1) is 26.6. The van der Waals surface area contributed by atoms with Crippen LogP contribution in [0.2, 0.25) is 0 Å². The highest BCUT2D eigenvalue weighted by atomic mass is 14.4. The number of unbranched alkanes of at least 4 members (excludes halogenated alkanes) is 8. The molecule has 0 N–H and O–H groups in total. The summed E-state index contributed by atoms with van der Waals surface area (Å²) in [4.78, 5) is 0. The fourth-order valence-electron chi connectivity index (χ4n) is 8.04.